The molecule has 1 aliphatic heterocycles. The molecular formula is C15H21F3N2O2S. The average molecular weight is 350 g/mol. The van der Waals surface area contributed by atoms with Crippen LogP contribution in [0.3, 0.4) is 0 Å². The molecule has 1 aromatic carbocycles. The smallest absolute Gasteiger partial charge is 0.310 e. The van der Waals surface area contributed by atoms with Gasteiger partial charge in [-0.05, 0) is 37.5 Å². The third-order valence-electron chi connectivity index (χ3n) is 4.09. The van der Waals surface area contributed by atoms with Gasteiger partial charge in [-0.15, -0.1) is 0 Å². The van der Waals surface area contributed by atoms with Crippen molar-refractivity contribution in [2.24, 2.45) is 0 Å². The van der Waals surface area contributed by atoms with Gasteiger partial charge in [-0.1, -0.05) is 12.1 Å². The van der Waals surface area contributed by atoms with E-state index in [1.807, 2.05) is 0 Å². The van der Waals surface area contributed by atoms with Gasteiger partial charge in [0.05, 0.1) is 11.3 Å². The van der Waals surface area contributed by atoms with Crippen molar-refractivity contribution in [3.63, 3.8) is 0 Å². The minimum atomic E-state index is -4.32. The molecule has 23 heavy (non-hydrogen) atoms. The van der Waals surface area contributed by atoms with Gasteiger partial charge in [0.25, 0.3) is 0 Å². The van der Waals surface area contributed by atoms with Gasteiger partial charge in [0.1, 0.15) is 0 Å². The van der Waals surface area contributed by atoms with Crippen LogP contribution in [0.5, 0.6) is 0 Å². The maximum Gasteiger partial charge on any atom is 0.416 e. The second kappa shape index (κ2) is 7.19. The van der Waals surface area contributed by atoms with Crippen LogP contribution in [0.25, 0.3) is 0 Å². The van der Waals surface area contributed by atoms with Crippen molar-refractivity contribution in [1.29, 1.82) is 0 Å². The van der Waals surface area contributed by atoms with Crippen LogP contribution >= 0.6 is 0 Å². The number of alkyl halides is 3. The largest absolute Gasteiger partial charge is 0.416 e. The summed E-state index contributed by atoms with van der Waals surface area (Å²) in [7, 11) is -3.13. The number of nitrogens with one attached hydrogen (secondary N) is 1. The SMILES string of the molecule is CCS(=O)(=O)N1CCC(NCc2ccc(C(F)(F)F)cc2)CC1. The molecule has 0 aromatic heterocycles. The number of benzene rings is 1. The summed E-state index contributed by atoms with van der Waals surface area (Å²) in [5.41, 5.74) is 0.126. The first-order valence-corrected chi connectivity index (χ1v) is 9.20. The highest BCUT2D eigenvalue weighted by Crippen LogP contribution is 2.29. The van der Waals surface area contributed by atoms with E-state index in [0.29, 0.717) is 32.5 Å². The minimum absolute atomic E-state index is 0.108. The molecule has 0 saturated carbocycles. The van der Waals surface area contributed by atoms with Crippen LogP contribution in [0.4, 0.5) is 13.2 Å². The number of rotatable bonds is 5. The molecule has 1 heterocycles. The summed E-state index contributed by atoms with van der Waals surface area (Å²) in [6.45, 7) is 3.08. The van der Waals surface area contributed by atoms with Crippen LogP contribution in [0.2, 0.25) is 0 Å². The van der Waals surface area contributed by atoms with Crippen LogP contribution in [-0.4, -0.2) is 37.6 Å². The van der Waals surface area contributed by atoms with Gasteiger partial charge in [-0.3, -0.25) is 0 Å². The lowest BCUT2D eigenvalue weighted by molar-refractivity contribution is -0.137. The summed E-state index contributed by atoms with van der Waals surface area (Å²) < 4.78 is 62.5. The normalized spacial score (nSPS) is 18.3. The Bertz CT molecular complexity index is 607. The Morgan fingerprint density at radius 2 is 1.74 bits per heavy atom. The molecule has 0 spiro atoms. The molecule has 8 heteroatoms. The summed E-state index contributed by atoms with van der Waals surface area (Å²) in [6.07, 6.45) is -2.90. The van der Waals surface area contributed by atoms with E-state index in [9.17, 15) is 21.6 Å². The first-order valence-electron chi connectivity index (χ1n) is 7.59. The highest BCUT2D eigenvalue weighted by atomic mass is 32.2. The third-order valence-corrected chi connectivity index (χ3v) is 5.97. The van der Waals surface area contributed by atoms with Gasteiger partial charge >= 0.3 is 6.18 Å². The van der Waals surface area contributed by atoms with Crippen LogP contribution < -0.4 is 5.32 Å². The van der Waals surface area contributed by atoms with Crippen molar-refractivity contribution < 1.29 is 21.6 Å². The quantitative estimate of drug-likeness (QED) is 0.888. The average Bonchev–Trinajstić information content (AvgIpc) is 2.53. The van der Waals surface area contributed by atoms with E-state index in [1.54, 1.807) is 6.92 Å². The minimum Gasteiger partial charge on any atom is -0.310 e. The molecule has 1 aromatic rings. The molecule has 1 fully saturated rings. The van der Waals surface area contributed by atoms with Gasteiger partial charge in [-0.2, -0.15) is 13.2 Å². The fourth-order valence-electron chi connectivity index (χ4n) is 2.59. The van der Waals surface area contributed by atoms with Crippen LogP contribution in [0, 0.1) is 0 Å². The fraction of sp³-hybridized carbons (Fsp3) is 0.600. The molecule has 130 valence electrons. The molecule has 1 N–H and O–H groups in total. The zero-order chi connectivity index (χ0) is 17.1. The molecular weight excluding hydrogens is 329 g/mol. The Kier molecular flexibility index (Phi) is 5.70. The lowest BCUT2D eigenvalue weighted by Gasteiger charge is -2.31. The first kappa shape index (κ1) is 18.2. The topological polar surface area (TPSA) is 49.4 Å². The highest BCUT2D eigenvalue weighted by molar-refractivity contribution is 7.89. The van der Waals surface area contributed by atoms with Gasteiger partial charge in [0, 0.05) is 25.7 Å². The van der Waals surface area contributed by atoms with Gasteiger partial charge < -0.3 is 5.32 Å². The molecule has 2 rings (SSSR count). The molecule has 0 aliphatic carbocycles. The van der Waals surface area contributed by atoms with Crippen LogP contribution in [-0.2, 0) is 22.7 Å². The Morgan fingerprint density at radius 3 is 2.22 bits per heavy atom. The van der Waals surface area contributed by atoms with Gasteiger partial charge in [0.2, 0.25) is 10.0 Å². The molecule has 0 unspecified atom stereocenters. The summed E-state index contributed by atoms with van der Waals surface area (Å²) in [6, 6.07) is 5.26. The van der Waals surface area contributed by atoms with E-state index in [4.69, 9.17) is 0 Å². The maximum absolute atomic E-state index is 12.5. The second-order valence-electron chi connectivity index (χ2n) is 5.65. The number of nitrogens with zero attached hydrogens (tertiary/aromatic N) is 1. The number of hydrogen-bond acceptors (Lipinski definition) is 3. The monoisotopic (exact) mass is 350 g/mol. The van der Waals surface area contributed by atoms with Crippen LogP contribution in [0.15, 0.2) is 24.3 Å². The molecule has 1 saturated heterocycles. The number of halogens is 3. The summed E-state index contributed by atoms with van der Waals surface area (Å²) in [5.74, 6) is 0.108. The summed E-state index contributed by atoms with van der Waals surface area (Å²) >= 11 is 0. The van der Waals surface area contributed by atoms with Crippen LogP contribution in [0.1, 0.15) is 30.9 Å². The Morgan fingerprint density at radius 1 is 1.17 bits per heavy atom. The maximum atomic E-state index is 12.5. The first-order chi connectivity index (χ1) is 10.7. The van der Waals surface area contributed by atoms with Crippen molar-refractivity contribution in [3.8, 4) is 0 Å². The van der Waals surface area contributed by atoms with Gasteiger partial charge in [0.15, 0.2) is 0 Å². The van der Waals surface area contributed by atoms with E-state index in [0.717, 1.165) is 17.7 Å². The fourth-order valence-corrected chi connectivity index (χ4v) is 3.73. The Labute approximate surface area is 134 Å². The van der Waals surface area contributed by atoms with Crippen molar-refractivity contribution >= 4 is 10.0 Å². The number of hydrogen-bond donors (Lipinski definition) is 1. The highest BCUT2D eigenvalue weighted by Gasteiger charge is 2.30. The molecule has 0 bridgehead atoms. The molecule has 0 radical (unpaired) electrons. The lowest BCUT2D eigenvalue weighted by atomic mass is 10.1. The molecule has 0 amide bonds. The standard InChI is InChI=1S/C15H21F3N2O2S/c1-2-23(21,22)20-9-7-14(8-10-20)19-11-12-3-5-13(6-4-12)15(16,17)18/h3-6,14,19H,2,7-11H2,1H3. The summed E-state index contributed by atoms with van der Waals surface area (Å²) in [4.78, 5) is 0. The van der Waals surface area contributed by atoms with Crippen molar-refractivity contribution in [2.75, 3.05) is 18.8 Å². The van der Waals surface area contributed by atoms with Crippen molar-refractivity contribution in [1.82, 2.24) is 9.62 Å². The van der Waals surface area contributed by atoms with E-state index >= 15 is 0 Å². The van der Waals surface area contributed by atoms with Crippen molar-refractivity contribution in [3.05, 3.63) is 35.4 Å². The Balaban J connectivity index is 1.82. The molecule has 1 aliphatic rings. The van der Waals surface area contributed by atoms with Crippen molar-refractivity contribution in [2.45, 2.75) is 38.5 Å². The number of piperidine rings is 1. The van der Waals surface area contributed by atoms with E-state index in [-0.39, 0.29) is 11.8 Å². The van der Waals surface area contributed by atoms with E-state index < -0.39 is 21.8 Å². The predicted octanol–water partition coefficient (Wildman–Crippen LogP) is 2.61. The number of sulfonamides is 1. The summed E-state index contributed by atoms with van der Waals surface area (Å²) in [5, 5.41) is 3.28. The molecule has 0 atom stereocenters. The molecule has 4 nitrogen and oxygen atoms in total. The van der Waals surface area contributed by atoms with Gasteiger partial charge in [-0.25, -0.2) is 12.7 Å². The zero-order valence-corrected chi connectivity index (χ0v) is 13.8. The van der Waals surface area contributed by atoms with E-state index in [1.165, 1.54) is 16.4 Å². The second-order valence-corrected chi connectivity index (χ2v) is 7.91. The predicted molar refractivity (Wildman–Crippen MR) is 82.3 cm³/mol. The Hall–Kier alpha value is -1.12. The van der Waals surface area contributed by atoms with E-state index in [2.05, 4.69) is 5.32 Å². The lowest BCUT2D eigenvalue weighted by Crippen LogP contribution is -2.45. The third kappa shape index (κ3) is 4.92. The zero-order valence-electron chi connectivity index (χ0n) is 12.9.